The third kappa shape index (κ3) is 4.74. The van der Waals surface area contributed by atoms with Crippen molar-refractivity contribution in [2.75, 3.05) is 27.7 Å². The zero-order valence-corrected chi connectivity index (χ0v) is 18.8. The molecule has 5 nitrogen and oxygen atoms in total. The summed E-state index contributed by atoms with van der Waals surface area (Å²) in [6.45, 7) is 7.73. The molecule has 0 unspecified atom stereocenters. The Balaban J connectivity index is 1.87. The second-order valence-electron chi connectivity index (χ2n) is 8.30. The van der Waals surface area contributed by atoms with Crippen molar-refractivity contribution in [2.45, 2.75) is 39.3 Å². The summed E-state index contributed by atoms with van der Waals surface area (Å²) in [6, 6.07) is 14.0. The average Bonchev–Trinajstić information content (AvgIpc) is 2.70. The maximum Gasteiger partial charge on any atom is 0.336 e. The highest BCUT2D eigenvalue weighted by Gasteiger charge is 2.18. The van der Waals surface area contributed by atoms with E-state index in [9.17, 15) is 4.79 Å². The molecule has 1 N–H and O–H groups in total. The maximum atomic E-state index is 12.1. The van der Waals surface area contributed by atoms with Crippen molar-refractivity contribution in [1.29, 1.82) is 0 Å². The number of fused-ring (bicyclic) bond motifs is 1. The second-order valence-corrected chi connectivity index (χ2v) is 8.30. The molecule has 0 aliphatic carbocycles. The lowest BCUT2D eigenvalue weighted by atomic mass is 9.95. The lowest BCUT2D eigenvalue weighted by Crippen LogP contribution is -2.31. The van der Waals surface area contributed by atoms with E-state index >= 15 is 0 Å². The van der Waals surface area contributed by atoms with Crippen molar-refractivity contribution in [3.63, 3.8) is 0 Å². The van der Waals surface area contributed by atoms with E-state index in [1.807, 2.05) is 24.3 Å². The molecule has 0 aliphatic heterocycles. The molecule has 0 radical (unpaired) electrons. The van der Waals surface area contributed by atoms with Gasteiger partial charge in [0.15, 0.2) is 0 Å². The average molecular weight is 409 g/mol. The first-order valence-corrected chi connectivity index (χ1v) is 10.4. The Morgan fingerprint density at radius 2 is 1.83 bits per heavy atom. The molecule has 0 fully saturated rings. The molecule has 30 heavy (non-hydrogen) atoms. The number of hydrogen-bond donors (Lipinski definition) is 1. The SMILES string of the molecule is COc1ccccc1[C@H](CNCc1cc(=O)oc2cc(C)c(C(C)C)cc12)N(C)C. The highest BCUT2D eigenvalue weighted by atomic mass is 16.5. The number of nitrogens with zero attached hydrogens (tertiary/aromatic N) is 1. The van der Waals surface area contributed by atoms with Crippen molar-refractivity contribution in [3.8, 4) is 5.75 Å². The highest BCUT2D eigenvalue weighted by molar-refractivity contribution is 5.82. The quantitative estimate of drug-likeness (QED) is 0.551. The van der Waals surface area contributed by atoms with Crippen LogP contribution in [0.5, 0.6) is 5.75 Å². The summed E-state index contributed by atoms with van der Waals surface area (Å²) >= 11 is 0. The standard InChI is InChI=1S/C25H32N2O3/c1-16(2)20-13-21-18(12-25(28)30-24(21)11-17(20)3)14-26-15-22(27(4)5)19-9-7-8-10-23(19)29-6/h7-13,16,22,26H,14-15H2,1-6H3/t22-/m0/s1. The molecule has 1 aromatic heterocycles. The van der Waals surface area contributed by atoms with Crippen LogP contribution in [-0.4, -0.2) is 32.6 Å². The van der Waals surface area contributed by atoms with Crippen molar-refractivity contribution in [1.82, 2.24) is 10.2 Å². The zero-order valence-electron chi connectivity index (χ0n) is 18.8. The van der Waals surface area contributed by atoms with Gasteiger partial charge in [0.1, 0.15) is 11.3 Å². The van der Waals surface area contributed by atoms with Gasteiger partial charge in [0, 0.05) is 30.1 Å². The number of benzene rings is 2. The molecule has 1 heterocycles. The van der Waals surface area contributed by atoms with Gasteiger partial charge in [0.05, 0.1) is 13.2 Å². The predicted octanol–water partition coefficient (Wildman–Crippen LogP) is 4.63. The van der Waals surface area contributed by atoms with Crippen molar-refractivity contribution >= 4 is 11.0 Å². The van der Waals surface area contributed by atoms with Crippen LogP contribution in [0.25, 0.3) is 11.0 Å². The van der Waals surface area contributed by atoms with Crippen molar-refractivity contribution < 1.29 is 9.15 Å². The van der Waals surface area contributed by atoms with Gasteiger partial charge in [-0.1, -0.05) is 32.0 Å². The summed E-state index contributed by atoms with van der Waals surface area (Å²) in [4.78, 5) is 14.3. The Hall–Kier alpha value is -2.63. The van der Waals surface area contributed by atoms with Gasteiger partial charge in [0.25, 0.3) is 0 Å². The van der Waals surface area contributed by atoms with Crippen LogP contribution in [0.4, 0.5) is 0 Å². The monoisotopic (exact) mass is 408 g/mol. The normalized spacial score (nSPS) is 12.7. The molecule has 5 heteroatoms. The van der Waals surface area contributed by atoms with Gasteiger partial charge in [-0.25, -0.2) is 4.79 Å². The summed E-state index contributed by atoms with van der Waals surface area (Å²) < 4.78 is 11.0. The summed E-state index contributed by atoms with van der Waals surface area (Å²) in [7, 11) is 5.81. The van der Waals surface area contributed by atoms with E-state index < -0.39 is 0 Å². The van der Waals surface area contributed by atoms with Crippen LogP contribution in [-0.2, 0) is 6.54 Å². The lowest BCUT2D eigenvalue weighted by Gasteiger charge is -2.26. The summed E-state index contributed by atoms with van der Waals surface area (Å²) in [5.74, 6) is 1.28. The number of hydrogen-bond acceptors (Lipinski definition) is 5. The van der Waals surface area contributed by atoms with Crippen LogP contribution < -0.4 is 15.7 Å². The molecule has 0 bridgehead atoms. The minimum absolute atomic E-state index is 0.140. The Kier molecular flexibility index (Phi) is 6.95. The molecule has 1 atom stereocenters. The van der Waals surface area contributed by atoms with Gasteiger partial charge in [-0.3, -0.25) is 0 Å². The van der Waals surface area contributed by atoms with Crippen LogP contribution >= 0.6 is 0 Å². The molecule has 0 amide bonds. The largest absolute Gasteiger partial charge is 0.496 e. The van der Waals surface area contributed by atoms with E-state index in [1.54, 1.807) is 13.2 Å². The number of rotatable bonds is 8. The summed E-state index contributed by atoms with van der Waals surface area (Å²) in [6.07, 6.45) is 0. The van der Waals surface area contributed by atoms with Crippen LogP contribution in [0.1, 0.15) is 48.1 Å². The number of likely N-dealkylation sites (N-methyl/N-ethyl adjacent to an activating group) is 1. The summed E-state index contributed by atoms with van der Waals surface area (Å²) in [5, 5.41) is 4.53. The first-order chi connectivity index (χ1) is 14.3. The van der Waals surface area contributed by atoms with Crippen molar-refractivity contribution in [2.24, 2.45) is 0 Å². The van der Waals surface area contributed by atoms with Gasteiger partial charge >= 0.3 is 5.63 Å². The molecular weight excluding hydrogens is 376 g/mol. The number of ether oxygens (including phenoxy) is 1. The molecular formula is C25H32N2O3. The number of methoxy groups -OCH3 is 1. The molecule has 160 valence electrons. The smallest absolute Gasteiger partial charge is 0.336 e. The third-order valence-electron chi connectivity index (χ3n) is 5.61. The van der Waals surface area contributed by atoms with E-state index in [4.69, 9.17) is 9.15 Å². The van der Waals surface area contributed by atoms with Crippen LogP contribution in [0.15, 0.2) is 51.7 Å². The van der Waals surface area contributed by atoms with Crippen LogP contribution in [0.2, 0.25) is 0 Å². The fraction of sp³-hybridized carbons (Fsp3) is 0.400. The molecule has 0 spiro atoms. The van der Waals surface area contributed by atoms with E-state index in [0.717, 1.165) is 34.4 Å². The lowest BCUT2D eigenvalue weighted by molar-refractivity contribution is 0.279. The van der Waals surface area contributed by atoms with Crippen LogP contribution in [0.3, 0.4) is 0 Å². The van der Waals surface area contributed by atoms with Gasteiger partial charge in [-0.05, 0) is 61.8 Å². The van der Waals surface area contributed by atoms with E-state index in [2.05, 4.69) is 57.2 Å². The number of nitrogens with one attached hydrogen (secondary N) is 1. The fourth-order valence-electron chi connectivity index (χ4n) is 4.02. The first-order valence-electron chi connectivity index (χ1n) is 10.4. The zero-order chi connectivity index (χ0) is 21.8. The Morgan fingerprint density at radius 3 is 2.50 bits per heavy atom. The molecule has 0 saturated carbocycles. The molecule has 0 saturated heterocycles. The topological polar surface area (TPSA) is 54.7 Å². The molecule has 3 aromatic rings. The Labute approximate surface area is 178 Å². The van der Waals surface area contributed by atoms with Gasteiger partial charge in [-0.15, -0.1) is 0 Å². The number of para-hydroxylation sites is 1. The second kappa shape index (κ2) is 9.45. The fourth-order valence-corrected chi connectivity index (χ4v) is 4.02. The molecule has 0 aliphatic rings. The predicted molar refractivity (Wildman–Crippen MR) is 122 cm³/mol. The number of aryl methyl sites for hydroxylation is 1. The van der Waals surface area contributed by atoms with E-state index in [-0.39, 0.29) is 11.7 Å². The third-order valence-corrected chi connectivity index (χ3v) is 5.61. The van der Waals surface area contributed by atoms with E-state index in [0.29, 0.717) is 18.0 Å². The summed E-state index contributed by atoms with van der Waals surface area (Å²) in [5.41, 5.74) is 4.85. The van der Waals surface area contributed by atoms with Crippen molar-refractivity contribution in [3.05, 3.63) is 75.1 Å². The Bertz CT molecular complexity index is 1070. The molecule has 3 rings (SSSR count). The van der Waals surface area contributed by atoms with Crippen LogP contribution in [0, 0.1) is 6.92 Å². The highest BCUT2D eigenvalue weighted by Crippen LogP contribution is 2.29. The van der Waals surface area contributed by atoms with Gasteiger partial charge in [-0.2, -0.15) is 0 Å². The van der Waals surface area contributed by atoms with E-state index in [1.165, 1.54) is 5.56 Å². The molecule has 2 aromatic carbocycles. The first kappa shape index (κ1) is 22.1. The van der Waals surface area contributed by atoms with Gasteiger partial charge < -0.3 is 19.4 Å². The maximum absolute atomic E-state index is 12.1. The minimum atomic E-state index is -0.315. The Morgan fingerprint density at radius 1 is 1.10 bits per heavy atom. The van der Waals surface area contributed by atoms with Gasteiger partial charge in [0.2, 0.25) is 0 Å². The minimum Gasteiger partial charge on any atom is -0.496 e.